The van der Waals surface area contributed by atoms with Crippen molar-refractivity contribution in [3.63, 3.8) is 0 Å². The molecule has 0 saturated carbocycles. The van der Waals surface area contributed by atoms with Gasteiger partial charge >= 0.3 is 0 Å². The van der Waals surface area contributed by atoms with E-state index in [-0.39, 0.29) is 0 Å². The number of rotatable bonds is 6. The average molecular weight is 219 g/mol. The molecule has 1 rings (SSSR count). The maximum atomic E-state index is 4.76. The first-order valence-electron chi connectivity index (χ1n) is 5.95. The van der Waals surface area contributed by atoms with Gasteiger partial charge in [-0.05, 0) is 30.9 Å². The van der Waals surface area contributed by atoms with Crippen LogP contribution in [0.25, 0.3) is 0 Å². The van der Waals surface area contributed by atoms with E-state index in [0.29, 0.717) is 0 Å². The van der Waals surface area contributed by atoms with Gasteiger partial charge in [0.2, 0.25) is 0 Å². The molecule has 0 bridgehead atoms. The fourth-order valence-corrected chi connectivity index (χ4v) is 1.68. The molecule has 0 atom stereocenters. The topological polar surface area (TPSA) is 21.6 Å². The summed E-state index contributed by atoms with van der Waals surface area (Å²) in [5, 5.41) is 3.92. The Bertz CT molecular complexity index is 327. The quantitative estimate of drug-likeness (QED) is 0.405. The van der Waals surface area contributed by atoms with Gasteiger partial charge in [0.05, 0.1) is 5.71 Å². The van der Waals surface area contributed by atoms with Crippen LogP contribution in [0, 0.1) is 0 Å². The zero-order valence-electron chi connectivity index (χ0n) is 10.5. The third-order valence-corrected chi connectivity index (χ3v) is 2.67. The molecule has 0 aromatic heterocycles. The van der Waals surface area contributed by atoms with Crippen LogP contribution in [0.15, 0.2) is 29.4 Å². The number of hydrogen-bond donors (Lipinski definition) is 0. The first kappa shape index (κ1) is 12.8. The molecule has 0 aliphatic carbocycles. The van der Waals surface area contributed by atoms with E-state index in [1.54, 1.807) is 7.11 Å². The molecule has 0 spiro atoms. The molecule has 1 aromatic rings. The van der Waals surface area contributed by atoms with E-state index < -0.39 is 0 Å². The van der Waals surface area contributed by atoms with E-state index in [0.717, 1.165) is 11.3 Å². The van der Waals surface area contributed by atoms with Crippen LogP contribution >= 0.6 is 0 Å². The maximum Gasteiger partial charge on any atom is 0.106 e. The fourth-order valence-electron chi connectivity index (χ4n) is 1.68. The van der Waals surface area contributed by atoms with Crippen LogP contribution in [0.5, 0.6) is 0 Å². The Hall–Kier alpha value is -1.31. The predicted molar refractivity (Wildman–Crippen MR) is 68.9 cm³/mol. The van der Waals surface area contributed by atoms with E-state index in [2.05, 4.69) is 36.3 Å². The number of oxime groups is 1. The Morgan fingerprint density at radius 1 is 1.19 bits per heavy atom. The van der Waals surface area contributed by atoms with Crippen LogP contribution in [-0.4, -0.2) is 12.8 Å². The highest BCUT2D eigenvalue weighted by Gasteiger charge is 1.98. The third kappa shape index (κ3) is 4.05. The van der Waals surface area contributed by atoms with Crippen molar-refractivity contribution in [3.05, 3.63) is 35.4 Å². The fraction of sp³-hybridized carbons (Fsp3) is 0.500. The summed E-state index contributed by atoms with van der Waals surface area (Å²) in [6.07, 6.45) is 5.04. The van der Waals surface area contributed by atoms with Crippen molar-refractivity contribution < 1.29 is 4.84 Å². The van der Waals surface area contributed by atoms with Crippen molar-refractivity contribution in [1.82, 2.24) is 0 Å². The van der Waals surface area contributed by atoms with Crippen LogP contribution in [-0.2, 0) is 11.3 Å². The van der Waals surface area contributed by atoms with Crippen LogP contribution < -0.4 is 0 Å². The highest BCUT2D eigenvalue weighted by Crippen LogP contribution is 2.09. The monoisotopic (exact) mass is 219 g/mol. The van der Waals surface area contributed by atoms with Crippen molar-refractivity contribution in [2.75, 3.05) is 7.11 Å². The van der Waals surface area contributed by atoms with Gasteiger partial charge in [0.1, 0.15) is 7.11 Å². The summed E-state index contributed by atoms with van der Waals surface area (Å²) >= 11 is 0. The molecule has 0 aliphatic heterocycles. The molecule has 0 N–H and O–H groups in total. The van der Waals surface area contributed by atoms with Crippen LogP contribution in [0.2, 0.25) is 0 Å². The second-order valence-corrected chi connectivity index (χ2v) is 4.01. The lowest BCUT2D eigenvalue weighted by atomic mass is 10.0. The lowest BCUT2D eigenvalue weighted by Gasteiger charge is -2.03. The summed E-state index contributed by atoms with van der Waals surface area (Å²) in [5.41, 5.74) is 3.45. The second-order valence-electron chi connectivity index (χ2n) is 4.01. The van der Waals surface area contributed by atoms with E-state index in [9.17, 15) is 0 Å². The van der Waals surface area contributed by atoms with Gasteiger partial charge in [-0.15, -0.1) is 0 Å². The van der Waals surface area contributed by atoms with E-state index in [1.807, 2.05) is 6.92 Å². The van der Waals surface area contributed by atoms with Gasteiger partial charge in [-0.1, -0.05) is 49.2 Å². The number of hydrogen-bond acceptors (Lipinski definition) is 2. The van der Waals surface area contributed by atoms with Crippen LogP contribution in [0.4, 0.5) is 0 Å². The van der Waals surface area contributed by atoms with Gasteiger partial charge in [-0.3, -0.25) is 0 Å². The summed E-state index contributed by atoms with van der Waals surface area (Å²) in [5.74, 6) is 0. The van der Waals surface area contributed by atoms with Crippen LogP contribution in [0.3, 0.4) is 0 Å². The summed E-state index contributed by atoms with van der Waals surface area (Å²) < 4.78 is 0. The highest BCUT2D eigenvalue weighted by molar-refractivity contribution is 5.98. The minimum Gasteiger partial charge on any atom is -0.399 e. The van der Waals surface area contributed by atoms with E-state index in [1.165, 1.54) is 31.2 Å². The predicted octanol–water partition coefficient (Wildman–Crippen LogP) is 3.79. The largest absolute Gasteiger partial charge is 0.399 e. The van der Waals surface area contributed by atoms with Crippen molar-refractivity contribution in [3.8, 4) is 0 Å². The van der Waals surface area contributed by atoms with Gasteiger partial charge in [-0.25, -0.2) is 0 Å². The Balaban J connectivity index is 2.57. The Labute approximate surface area is 98.3 Å². The lowest BCUT2D eigenvalue weighted by Crippen LogP contribution is -1.95. The molecular weight excluding hydrogens is 198 g/mol. The molecule has 2 nitrogen and oxygen atoms in total. The van der Waals surface area contributed by atoms with Gasteiger partial charge in [0.15, 0.2) is 0 Å². The molecular formula is C14H21NO. The number of benzene rings is 1. The average Bonchev–Trinajstić information content (AvgIpc) is 2.30. The van der Waals surface area contributed by atoms with Gasteiger partial charge in [-0.2, -0.15) is 0 Å². The molecule has 0 aliphatic rings. The minimum absolute atomic E-state index is 0.919. The van der Waals surface area contributed by atoms with Crippen LogP contribution in [0.1, 0.15) is 44.2 Å². The van der Waals surface area contributed by atoms with Crippen molar-refractivity contribution in [2.45, 2.75) is 39.5 Å². The molecule has 0 radical (unpaired) electrons. The van der Waals surface area contributed by atoms with Crippen molar-refractivity contribution in [1.29, 1.82) is 0 Å². The summed E-state index contributed by atoms with van der Waals surface area (Å²) in [4.78, 5) is 4.76. The van der Waals surface area contributed by atoms with Gasteiger partial charge < -0.3 is 4.84 Å². The molecule has 0 heterocycles. The minimum atomic E-state index is 0.919. The lowest BCUT2D eigenvalue weighted by molar-refractivity contribution is 0.213. The van der Waals surface area contributed by atoms with Gasteiger partial charge in [0.25, 0.3) is 0 Å². The number of aryl methyl sites for hydroxylation is 1. The summed E-state index contributed by atoms with van der Waals surface area (Å²) in [6, 6.07) is 8.58. The summed E-state index contributed by atoms with van der Waals surface area (Å²) in [7, 11) is 1.57. The number of nitrogens with zero attached hydrogens (tertiary/aromatic N) is 1. The Morgan fingerprint density at radius 3 is 2.44 bits per heavy atom. The maximum absolute atomic E-state index is 4.76. The Kier molecular flexibility index (Phi) is 5.62. The van der Waals surface area contributed by atoms with Crippen molar-refractivity contribution >= 4 is 5.71 Å². The van der Waals surface area contributed by atoms with E-state index in [4.69, 9.17) is 4.84 Å². The summed E-state index contributed by atoms with van der Waals surface area (Å²) in [6.45, 7) is 4.18. The molecule has 2 heteroatoms. The molecule has 88 valence electrons. The normalized spacial score (nSPS) is 11.6. The first-order chi connectivity index (χ1) is 7.77. The Morgan fingerprint density at radius 2 is 1.88 bits per heavy atom. The van der Waals surface area contributed by atoms with Crippen molar-refractivity contribution in [2.24, 2.45) is 5.16 Å². The zero-order chi connectivity index (χ0) is 11.8. The third-order valence-electron chi connectivity index (χ3n) is 2.67. The second kappa shape index (κ2) is 7.04. The molecule has 16 heavy (non-hydrogen) atoms. The smallest absolute Gasteiger partial charge is 0.106 e. The highest BCUT2D eigenvalue weighted by atomic mass is 16.6. The first-order valence-corrected chi connectivity index (χ1v) is 5.95. The number of unbranched alkanes of at least 4 members (excludes halogenated alkanes) is 2. The molecule has 1 aromatic carbocycles. The van der Waals surface area contributed by atoms with E-state index >= 15 is 0 Å². The molecule has 0 fully saturated rings. The zero-order valence-corrected chi connectivity index (χ0v) is 10.5. The SMILES string of the molecule is CCCCCc1ccc(/C(C)=N\OC)cc1. The van der Waals surface area contributed by atoms with Gasteiger partial charge in [0, 0.05) is 0 Å². The molecule has 0 unspecified atom stereocenters. The molecule has 0 saturated heterocycles. The standard InChI is InChI=1S/C14H21NO/c1-4-5-6-7-13-8-10-14(11-9-13)12(2)15-16-3/h8-11H,4-7H2,1-3H3/b15-12-. The molecule has 0 amide bonds.